The Morgan fingerprint density at radius 3 is 2.41 bits per heavy atom. The lowest BCUT2D eigenvalue weighted by atomic mass is 10.0. The smallest absolute Gasteiger partial charge is 0.220 e. The molecule has 0 saturated heterocycles. The average Bonchev–Trinajstić information content (AvgIpc) is 3.23. The molecule has 0 saturated carbocycles. The number of nitrogens with zero attached hydrogens (tertiary/aromatic N) is 1. The zero-order chi connectivity index (χ0) is 20.6. The molecular weight excluding hydrogens is 380 g/mol. The summed E-state index contributed by atoms with van der Waals surface area (Å²) in [5, 5.41) is 6.27. The first kappa shape index (κ1) is 21.1. The van der Waals surface area contributed by atoms with Gasteiger partial charge in [0.1, 0.15) is 10.8 Å². The number of nitrogens with one attached hydrogen (secondary N) is 1. The number of rotatable bonds is 9. The van der Waals surface area contributed by atoms with Gasteiger partial charge in [0, 0.05) is 11.8 Å². The van der Waals surface area contributed by atoms with Gasteiger partial charge in [-0.3, -0.25) is 4.79 Å². The molecule has 2 aromatic carbocycles. The van der Waals surface area contributed by atoms with Crippen LogP contribution in [0.4, 0.5) is 0 Å². The monoisotopic (exact) mass is 408 g/mol. The first-order valence-corrected chi connectivity index (χ1v) is 10.9. The summed E-state index contributed by atoms with van der Waals surface area (Å²) in [5.74, 6) is 0.873. The quantitative estimate of drug-likeness (QED) is 0.539. The minimum atomic E-state index is -0.105. The lowest BCUT2D eigenvalue weighted by Crippen LogP contribution is -2.30. The highest BCUT2D eigenvalue weighted by Crippen LogP contribution is 2.23. The number of benzene rings is 2. The molecule has 152 valence electrons. The summed E-state index contributed by atoms with van der Waals surface area (Å²) in [7, 11) is 1.65. The molecule has 0 fully saturated rings. The van der Waals surface area contributed by atoms with Crippen molar-refractivity contribution < 1.29 is 9.53 Å². The van der Waals surface area contributed by atoms with Gasteiger partial charge >= 0.3 is 0 Å². The van der Waals surface area contributed by atoms with Crippen molar-refractivity contribution in [2.24, 2.45) is 0 Å². The van der Waals surface area contributed by atoms with Crippen LogP contribution in [0.25, 0.3) is 0 Å². The van der Waals surface area contributed by atoms with Crippen LogP contribution in [0.1, 0.15) is 46.8 Å². The van der Waals surface area contributed by atoms with Crippen LogP contribution < -0.4 is 10.1 Å². The lowest BCUT2D eigenvalue weighted by Gasteiger charge is -2.17. The van der Waals surface area contributed by atoms with Crippen molar-refractivity contribution in [2.45, 2.75) is 45.6 Å². The van der Waals surface area contributed by atoms with E-state index in [2.05, 4.69) is 48.8 Å². The molecule has 1 aromatic heterocycles. The number of aryl methyl sites for hydroxylation is 3. The summed E-state index contributed by atoms with van der Waals surface area (Å²) >= 11 is 1.63. The van der Waals surface area contributed by atoms with Gasteiger partial charge in [0.2, 0.25) is 5.91 Å². The fourth-order valence-corrected chi connectivity index (χ4v) is 4.07. The van der Waals surface area contributed by atoms with Crippen LogP contribution >= 0.6 is 11.3 Å². The number of carbonyl (C=O) groups is 1. The van der Waals surface area contributed by atoms with Crippen molar-refractivity contribution in [3.63, 3.8) is 0 Å². The van der Waals surface area contributed by atoms with E-state index in [9.17, 15) is 4.79 Å². The number of amides is 1. The summed E-state index contributed by atoms with van der Waals surface area (Å²) in [6, 6.07) is 16.2. The number of methoxy groups -OCH3 is 1. The van der Waals surface area contributed by atoms with Crippen molar-refractivity contribution in [1.82, 2.24) is 10.3 Å². The maximum atomic E-state index is 12.7. The largest absolute Gasteiger partial charge is 0.497 e. The van der Waals surface area contributed by atoms with Crippen molar-refractivity contribution in [1.29, 1.82) is 0 Å². The zero-order valence-electron chi connectivity index (χ0n) is 17.3. The molecule has 0 radical (unpaired) electrons. The molecule has 3 rings (SSSR count). The van der Waals surface area contributed by atoms with Crippen LogP contribution in [0.3, 0.4) is 0 Å². The molecule has 5 heteroatoms. The standard InChI is InChI=1S/C24H28N2O2S/c1-4-20-16-29-24(25-20)22(15-19-7-5-17(2)6-8-19)26-23(27)14-11-18-9-12-21(28-3)13-10-18/h5-10,12-13,16,22H,4,11,14-15H2,1-3H3,(H,26,27)/t22-/m0/s1. The van der Waals surface area contributed by atoms with E-state index in [1.54, 1.807) is 18.4 Å². The highest BCUT2D eigenvalue weighted by molar-refractivity contribution is 7.09. The molecule has 1 N–H and O–H groups in total. The fourth-order valence-electron chi connectivity index (χ4n) is 3.12. The maximum absolute atomic E-state index is 12.7. The Balaban J connectivity index is 1.66. The van der Waals surface area contributed by atoms with Crippen molar-refractivity contribution in [3.8, 4) is 5.75 Å². The third-order valence-electron chi connectivity index (χ3n) is 4.93. The van der Waals surface area contributed by atoms with Crippen LogP contribution in [0.2, 0.25) is 0 Å². The van der Waals surface area contributed by atoms with Gasteiger partial charge in [-0.25, -0.2) is 4.98 Å². The van der Waals surface area contributed by atoms with Crippen molar-refractivity contribution in [3.05, 3.63) is 81.3 Å². The third kappa shape index (κ3) is 6.16. The Labute approximate surface area is 177 Å². The van der Waals surface area contributed by atoms with E-state index in [1.807, 2.05) is 24.3 Å². The SMILES string of the molecule is CCc1csc([C@H](Cc2ccc(C)cc2)NC(=O)CCc2ccc(OC)cc2)n1. The molecular formula is C24H28N2O2S. The Kier molecular flexibility index (Phi) is 7.42. The summed E-state index contributed by atoms with van der Waals surface area (Å²) in [6.07, 6.45) is 2.79. The van der Waals surface area contributed by atoms with E-state index in [-0.39, 0.29) is 11.9 Å². The minimum absolute atomic E-state index is 0.0474. The number of ether oxygens (including phenoxy) is 1. The van der Waals surface area contributed by atoms with Gasteiger partial charge in [0.25, 0.3) is 0 Å². The highest BCUT2D eigenvalue weighted by Gasteiger charge is 2.19. The molecule has 0 unspecified atom stereocenters. The molecule has 1 amide bonds. The number of carbonyl (C=O) groups excluding carboxylic acids is 1. The van der Waals surface area contributed by atoms with Gasteiger partial charge in [0.15, 0.2) is 0 Å². The first-order chi connectivity index (χ1) is 14.1. The van der Waals surface area contributed by atoms with E-state index < -0.39 is 0 Å². The molecule has 4 nitrogen and oxygen atoms in total. The van der Waals surface area contributed by atoms with E-state index >= 15 is 0 Å². The second-order valence-corrected chi connectivity index (χ2v) is 8.08. The zero-order valence-corrected chi connectivity index (χ0v) is 18.1. The molecule has 0 aliphatic carbocycles. The maximum Gasteiger partial charge on any atom is 0.220 e. The normalized spacial score (nSPS) is 11.8. The molecule has 29 heavy (non-hydrogen) atoms. The Morgan fingerprint density at radius 1 is 1.10 bits per heavy atom. The molecule has 3 aromatic rings. The topological polar surface area (TPSA) is 51.2 Å². The van der Waals surface area contributed by atoms with Crippen LogP contribution in [-0.4, -0.2) is 18.0 Å². The van der Waals surface area contributed by atoms with Gasteiger partial charge < -0.3 is 10.1 Å². The summed E-state index contributed by atoms with van der Waals surface area (Å²) < 4.78 is 5.19. The number of hydrogen-bond donors (Lipinski definition) is 1. The second kappa shape index (κ2) is 10.2. The summed E-state index contributed by atoms with van der Waals surface area (Å²) in [6.45, 7) is 4.18. The molecule has 1 atom stereocenters. The molecule has 1 heterocycles. The highest BCUT2D eigenvalue weighted by atomic mass is 32.1. The predicted octanol–water partition coefficient (Wildman–Crippen LogP) is 5.06. The van der Waals surface area contributed by atoms with E-state index in [0.29, 0.717) is 12.8 Å². The first-order valence-electron chi connectivity index (χ1n) is 9.99. The van der Waals surface area contributed by atoms with Gasteiger partial charge in [-0.15, -0.1) is 11.3 Å². The Hall–Kier alpha value is -2.66. The number of aromatic nitrogens is 1. The van der Waals surface area contributed by atoms with Gasteiger partial charge in [-0.1, -0.05) is 48.9 Å². The summed E-state index contributed by atoms with van der Waals surface area (Å²) in [5.41, 5.74) is 4.63. The fraction of sp³-hybridized carbons (Fsp3) is 0.333. The van der Waals surface area contributed by atoms with Gasteiger partial charge in [-0.2, -0.15) is 0 Å². The minimum Gasteiger partial charge on any atom is -0.497 e. The molecule has 0 aliphatic heterocycles. The van der Waals surface area contributed by atoms with Crippen LogP contribution in [0.15, 0.2) is 53.9 Å². The van der Waals surface area contributed by atoms with Crippen LogP contribution in [0.5, 0.6) is 5.75 Å². The van der Waals surface area contributed by atoms with Gasteiger partial charge in [-0.05, 0) is 49.4 Å². The van der Waals surface area contributed by atoms with Crippen molar-refractivity contribution in [2.75, 3.05) is 7.11 Å². The van der Waals surface area contributed by atoms with Crippen LogP contribution in [-0.2, 0) is 24.1 Å². The second-order valence-electron chi connectivity index (χ2n) is 7.19. The predicted molar refractivity (Wildman–Crippen MR) is 119 cm³/mol. The number of thiazole rings is 1. The Bertz CT molecular complexity index is 917. The van der Waals surface area contributed by atoms with Crippen LogP contribution in [0, 0.1) is 6.92 Å². The van der Waals surface area contributed by atoms with E-state index in [1.165, 1.54) is 11.1 Å². The third-order valence-corrected chi connectivity index (χ3v) is 5.93. The number of hydrogen-bond acceptors (Lipinski definition) is 4. The van der Waals surface area contributed by atoms with Crippen molar-refractivity contribution >= 4 is 17.2 Å². The van der Waals surface area contributed by atoms with Gasteiger partial charge in [0.05, 0.1) is 18.8 Å². The Morgan fingerprint density at radius 2 is 1.79 bits per heavy atom. The average molecular weight is 409 g/mol. The summed E-state index contributed by atoms with van der Waals surface area (Å²) in [4.78, 5) is 17.4. The van der Waals surface area contributed by atoms with E-state index in [4.69, 9.17) is 9.72 Å². The molecule has 0 bridgehead atoms. The molecule has 0 aliphatic rings. The molecule has 0 spiro atoms. The van der Waals surface area contributed by atoms with E-state index in [0.717, 1.165) is 34.9 Å². The lowest BCUT2D eigenvalue weighted by molar-refractivity contribution is -0.121.